The SMILES string of the molecule is CCC1CNc2cccc3cc(-c4nc5cc(C#N)cc(F)c5n4CC)n1c23. The zero-order chi connectivity index (χ0) is 19.4. The number of imidazole rings is 1. The molecule has 1 atom stereocenters. The summed E-state index contributed by atoms with van der Waals surface area (Å²) in [5.41, 5.74) is 4.54. The molecule has 0 fully saturated rings. The van der Waals surface area contributed by atoms with Gasteiger partial charge in [0.25, 0.3) is 0 Å². The molecule has 2 aromatic carbocycles. The number of aromatic nitrogens is 3. The van der Waals surface area contributed by atoms with Crippen LogP contribution in [0.5, 0.6) is 0 Å². The van der Waals surface area contributed by atoms with Crippen molar-refractivity contribution in [2.45, 2.75) is 32.9 Å². The Morgan fingerprint density at radius 2 is 2.11 bits per heavy atom. The zero-order valence-corrected chi connectivity index (χ0v) is 15.8. The number of aryl methyl sites for hydroxylation is 1. The molecule has 0 bridgehead atoms. The molecule has 28 heavy (non-hydrogen) atoms. The van der Waals surface area contributed by atoms with Crippen LogP contribution >= 0.6 is 0 Å². The Bertz CT molecular complexity index is 1270. The lowest BCUT2D eigenvalue weighted by molar-refractivity contribution is 0.518. The second-order valence-corrected chi connectivity index (χ2v) is 7.20. The molecule has 0 aliphatic carbocycles. The first kappa shape index (κ1) is 16.8. The molecule has 3 heterocycles. The molecule has 1 unspecified atom stereocenters. The molecule has 6 heteroatoms. The topological polar surface area (TPSA) is 58.6 Å². The Kier molecular flexibility index (Phi) is 3.66. The van der Waals surface area contributed by atoms with Gasteiger partial charge in [0, 0.05) is 18.5 Å². The number of rotatable bonds is 3. The lowest BCUT2D eigenvalue weighted by Gasteiger charge is -2.28. The van der Waals surface area contributed by atoms with Crippen molar-refractivity contribution in [1.29, 1.82) is 5.26 Å². The Hall–Kier alpha value is -3.33. The van der Waals surface area contributed by atoms with Crippen molar-refractivity contribution in [2.24, 2.45) is 0 Å². The third-order valence-electron chi connectivity index (χ3n) is 5.69. The summed E-state index contributed by atoms with van der Waals surface area (Å²) in [5.74, 6) is 0.341. The Labute approximate surface area is 162 Å². The van der Waals surface area contributed by atoms with Crippen LogP contribution in [0, 0.1) is 17.1 Å². The lowest BCUT2D eigenvalue weighted by Crippen LogP contribution is -2.24. The van der Waals surface area contributed by atoms with Gasteiger partial charge in [-0.25, -0.2) is 9.37 Å². The van der Waals surface area contributed by atoms with Gasteiger partial charge in [0.1, 0.15) is 11.3 Å². The molecule has 2 aromatic heterocycles. The molecule has 0 amide bonds. The van der Waals surface area contributed by atoms with Gasteiger partial charge in [-0.1, -0.05) is 19.1 Å². The summed E-state index contributed by atoms with van der Waals surface area (Å²) in [6.45, 7) is 5.62. The van der Waals surface area contributed by atoms with Gasteiger partial charge >= 0.3 is 0 Å². The number of nitrogens with zero attached hydrogens (tertiary/aromatic N) is 4. The molecule has 4 aromatic rings. The largest absolute Gasteiger partial charge is 0.381 e. The Morgan fingerprint density at radius 1 is 1.25 bits per heavy atom. The average Bonchev–Trinajstić information content (AvgIpc) is 3.28. The molecule has 0 saturated carbocycles. The number of hydrogen-bond donors (Lipinski definition) is 1. The van der Waals surface area contributed by atoms with Crippen LogP contribution < -0.4 is 5.32 Å². The number of para-hydroxylation sites is 1. The van der Waals surface area contributed by atoms with Crippen LogP contribution in [0.3, 0.4) is 0 Å². The average molecular weight is 373 g/mol. The van der Waals surface area contributed by atoms with Crippen molar-refractivity contribution in [3.63, 3.8) is 0 Å². The number of benzene rings is 2. The van der Waals surface area contributed by atoms with Crippen LogP contribution in [0.25, 0.3) is 33.5 Å². The second-order valence-electron chi connectivity index (χ2n) is 7.20. The number of fused-ring (bicyclic) bond motifs is 1. The van der Waals surface area contributed by atoms with E-state index in [2.05, 4.69) is 35.0 Å². The van der Waals surface area contributed by atoms with Crippen LogP contribution in [0.15, 0.2) is 36.4 Å². The summed E-state index contributed by atoms with van der Waals surface area (Å²) in [5, 5.41) is 13.9. The fraction of sp³-hybridized carbons (Fsp3) is 0.273. The summed E-state index contributed by atoms with van der Waals surface area (Å²) in [4.78, 5) is 4.78. The Balaban J connectivity index is 1.87. The van der Waals surface area contributed by atoms with Crippen LogP contribution in [0.2, 0.25) is 0 Å². The number of halogens is 1. The van der Waals surface area contributed by atoms with E-state index >= 15 is 0 Å². The highest BCUT2D eigenvalue weighted by molar-refractivity contribution is 5.97. The molecule has 5 nitrogen and oxygen atoms in total. The quantitative estimate of drug-likeness (QED) is 0.546. The van der Waals surface area contributed by atoms with Crippen molar-refractivity contribution in [3.05, 3.63) is 47.8 Å². The highest BCUT2D eigenvalue weighted by Crippen LogP contribution is 2.39. The zero-order valence-electron chi connectivity index (χ0n) is 15.8. The van der Waals surface area contributed by atoms with Crippen molar-refractivity contribution in [1.82, 2.24) is 14.1 Å². The van der Waals surface area contributed by atoms with Gasteiger partial charge in [0.2, 0.25) is 0 Å². The van der Waals surface area contributed by atoms with Gasteiger partial charge in [-0.2, -0.15) is 5.26 Å². The van der Waals surface area contributed by atoms with Gasteiger partial charge in [0.15, 0.2) is 5.82 Å². The highest BCUT2D eigenvalue weighted by atomic mass is 19.1. The van der Waals surface area contributed by atoms with Crippen molar-refractivity contribution in [3.8, 4) is 17.6 Å². The molecule has 1 N–H and O–H groups in total. The first-order valence-corrected chi connectivity index (χ1v) is 9.64. The monoisotopic (exact) mass is 373 g/mol. The molecule has 140 valence electrons. The van der Waals surface area contributed by atoms with E-state index in [1.54, 1.807) is 6.07 Å². The third-order valence-corrected chi connectivity index (χ3v) is 5.69. The van der Waals surface area contributed by atoms with Crippen molar-refractivity contribution in [2.75, 3.05) is 11.9 Å². The van der Waals surface area contributed by atoms with E-state index in [9.17, 15) is 9.65 Å². The number of nitriles is 1. The smallest absolute Gasteiger partial charge is 0.157 e. The minimum Gasteiger partial charge on any atom is -0.381 e. The fourth-order valence-corrected chi connectivity index (χ4v) is 4.41. The van der Waals surface area contributed by atoms with Crippen LogP contribution in [-0.2, 0) is 6.54 Å². The van der Waals surface area contributed by atoms with E-state index in [0.717, 1.165) is 35.6 Å². The molecule has 5 rings (SSSR count). The van der Waals surface area contributed by atoms with Crippen molar-refractivity contribution < 1.29 is 4.39 Å². The maximum Gasteiger partial charge on any atom is 0.157 e. The number of nitrogens with one attached hydrogen (secondary N) is 1. The Morgan fingerprint density at radius 3 is 2.86 bits per heavy atom. The highest BCUT2D eigenvalue weighted by Gasteiger charge is 2.26. The van der Waals surface area contributed by atoms with Crippen LogP contribution in [0.1, 0.15) is 31.9 Å². The fourth-order valence-electron chi connectivity index (χ4n) is 4.41. The van der Waals surface area contributed by atoms with Gasteiger partial charge in [0.05, 0.1) is 40.1 Å². The van der Waals surface area contributed by atoms with Gasteiger partial charge in [-0.05, 0) is 37.6 Å². The molecule has 1 aliphatic rings. The van der Waals surface area contributed by atoms with E-state index < -0.39 is 5.82 Å². The standard InChI is InChI=1S/C22H20FN5/c1-3-15-12-25-17-7-5-6-14-10-19(28(15)20(14)17)22-26-18-9-13(11-24)8-16(23)21(18)27(22)4-2/h5-10,15,25H,3-4,12H2,1-2H3. The number of anilines is 1. The van der Waals surface area contributed by atoms with E-state index in [0.29, 0.717) is 23.6 Å². The first-order chi connectivity index (χ1) is 13.7. The van der Waals surface area contributed by atoms with Crippen LogP contribution in [-0.4, -0.2) is 20.7 Å². The second kappa shape index (κ2) is 6.10. The molecule has 0 spiro atoms. The van der Waals surface area contributed by atoms with E-state index in [4.69, 9.17) is 4.98 Å². The van der Waals surface area contributed by atoms with E-state index in [1.165, 1.54) is 11.6 Å². The third kappa shape index (κ3) is 2.19. The number of hydrogen-bond acceptors (Lipinski definition) is 3. The van der Waals surface area contributed by atoms with Gasteiger partial charge < -0.3 is 14.5 Å². The molecule has 0 radical (unpaired) electrons. The summed E-state index contributed by atoms with van der Waals surface area (Å²) >= 11 is 0. The minimum absolute atomic E-state index is 0.289. The van der Waals surface area contributed by atoms with Gasteiger partial charge in [-0.15, -0.1) is 0 Å². The molecule has 0 saturated heterocycles. The molecular formula is C22H20FN5. The summed E-state index contributed by atoms with van der Waals surface area (Å²) < 4.78 is 19.0. The molecule has 1 aliphatic heterocycles. The summed E-state index contributed by atoms with van der Waals surface area (Å²) in [6.07, 6.45) is 0.984. The van der Waals surface area contributed by atoms with E-state index in [1.807, 2.05) is 23.6 Å². The van der Waals surface area contributed by atoms with E-state index in [-0.39, 0.29) is 5.56 Å². The van der Waals surface area contributed by atoms with Gasteiger partial charge in [-0.3, -0.25) is 0 Å². The van der Waals surface area contributed by atoms with Crippen molar-refractivity contribution >= 4 is 27.6 Å². The predicted octanol–water partition coefficient (Wildman–Crippen LogP) is 5.07. The lowest BCUT2D eigenvalue weighted by atomic mass is 10.1. The normalized spacial score (nSPS) is 15.7. The minimum atomic E-state index is -0.404. The maximum absolute atomic E-state index is 14.8. The maximum atomic E-state index is 14.8. The predicted molar refractivity (Wildman–Crippen MR) is 109 cm³/mol. The summed E-state index contributed by atoms with van der Waals surface area (Å²) in [7, 11) is 0. The first-order valence-electron chi connectivity index (χ1n) is 9.64. The summed E-state index contributed by atoms with van der Waals surface area (Å²) in [6, 6.07) is 13.7. The molecular weight excluding hydrogens is 353 g/mol. The van der Waals surface area contributed by atoms with Crippen LogP contribution in [0.4, 0.5) is 10.1 Å².